The Labute approximate surface area is 121 Å². The Morgan fingerprint density at radius 3 is 1.57 bits per heavy atom. The third-order valence-electron chi connectivity index (χ3n) is 1.19. The smallest absolute Gasteiger partial charge is 0.331 e. The summed E-state index contributed by atoms with van der Waals surface area (Å²) in [5.41, 5.74) is -0.303. The van der Waals surface area contributed by atoms with Gasteiger partial charge >= 0.3 is 17.9 Å². The molecule has 10 heteroatoms. The zero-order valence-electron chi connectivity index (χ0n) is 11.1. The van der Waals surface area contributed by atoms with Gasteiger partial charge in [0.15, 0.2) is 0 Å². The minimum Gasteiger partial charge on any atom is -0.481 e. The molecule has 0 saturated heterocycles. The minimum atomic E-state index is -3.90. The van der Waals surface area contributed by atoms with E-state index >= 15 is 0 Å². The molecule has 0 heterocycles. The number of allylic oxidation sites excluding steroid dienone is 1. The molecule has 0 spiro atoms. The van der Waals surface area contributed by atoms with E-state index in [9.17, 15) is 22.8 Å². The van der Waals surface area contributed by atoms with Crippen molar-refractivity contribution in [2.75, 3.05) is 0 Å². The van der Waals surface area contributed by atoms with Crippen molar-refractivity contribution in [3.63, 3.8) is 0 Å². The van der Waals surface area contributed by atoms with E-state index in [1.807, 2.05) is 0 Å². The van der Waals surface area contributed by atoms with Crippen LogP contribution < -0.4 is 0 Å². The molecule has 0 radical (unpaired) electrons. The van der Waals surface area contributed by atoms with E-state index in [2.05, 4.69) is 13.2 Å². The molecule has 0 saturated carbocycles. The largest absolute Gasteiger partial charge is 0.481 e. The molecule has 0 fully saturated rings. The summed E-state index contributed by atoms with van der Waals surface area (Å²) in [5.74, 6) is -3.34. The lowest BCUT2D eigenvalue weighted by Gasteiger charge is -1.91. The van der Waals surface area contributed by atoms with Gasteiger partial charge in [-0.1, -0.05) is 19.2 Å². The van der Waals surface area contributed by atoms with Crippen LogP contribution >= 0.6 is 0 Å². The van der Waals surface area contributed by atoms with Gasteiger partial charge in [-0.15, -0.1) is 0 Å². The van der Waals surface area contributed by atoms with E-state index in [0.717, 1.165) is 6.08 Å². The first-order valence-electron chi connectivity index (χ1n) is 4.95. The molecular weight excluding hydrogens is 308 g/mol. The van der Waals surface area contributed by atoms with E-state index in [1.54, 1.807) is 6.92 Å². The number of carbonyl (C=O) groups is 3. The van der Waals surface area contributed by atoms with Crippen LogP contribution in [-0.2, 0) is 24.5 Å². The lowest BCUT2D eigenvalue weighted by atomic mass is 10.2. The zero-order valence-corrected chi connectivity index (χ0v) is 11.9. The second-order valence-corrected chi connectivity index (χ2v) is 4.36. The number of rotatable bonds is 5. The highest BCUT2D eigenvalue weighted by Gasteiger charge is 2.07. The van der Waals surface area contributed by atoms with Gasteiger partial charge in [0.25, 0.3) is 10.1 Å². The highest BCUT2D eigenvalue weighted by atomic mass is 32.2. The van der Waals surface area contributed by atoms with Crippen LogP contribution in [0.2, 0.25) is 0 Å². The lowest BCUT2D eigenvalue weighted by molar-refractivity contribution is -0.139. The van der Waals surface area contributed by atoms with Crippen LogP contribution in [0.3, 0.4) is 0 Å². The van der Waals surface area contributed by atoms with Gasteiger partial charge in [0.1, 0.15) is 0 Å². The van der Waals surface area contributed by atoms with Crippen LogP contribution in [0.5, 0.6) is 0 Å². The SMILES string of the molecule is C=C(CC(=O)O)C(=O)O.C=CS(=O)(=O)O.CC=CC(=O)O. The molecule has 0 aromatic carbocycles. The quantitative estimate of drug-likeness (QED) is 0.421. The molecule has 0 rings (SSSR count). The first-order chi connectivity index (χ1) is 9.37. The average Bonchev–Trinajstić information content (AvgIpc) is 2.28. The minimum absolute atomic E-state index is 0.303. The molecule has 0 bridgehead atoms. The van der Waals surface area contributed by atoms with E-state index < -0.39 is 34.4 Å². The maximum atomic E-state index is 9.87. The van der Waals surface area contributed by atoms with Gasteiger partial charge in [0, 0.05) is 11.6 Å². The number of aliphatic carboxylic acids is 3. The lowest BCUT2D eigenvalue weighted by Crippen LogP contribution is -2.04. The molecule has 120 valence electrons. The molecule has 0 atom stereocenters. The predicted octanol–water partition coefficient (Wildman–Crippen LogP) is 0.767. The van der Waals surface area contributed by atoms with Gasteiger partial charge in [0.05, 0.1) is 11.8 Å². The molecule has 4 N–H and O–H groups in total. The molecule has 0 unspecified atom stereocenters. The fourth-order valence-electron chi connectivity index (χ4n) is 0.401. The summed E-state index contributed by atoms with van der Waals surface area (Å²) in [6.07, 6.45) is 2.05. The standard InChI is InChI=1S/C5H6O4.C4H6O2.C2H4O3S/c1-3(5(8)9)2-4(6)7;1-2-3-4(5)6;1-2-6(3,4)5/h1-2H2,(H,6,7)(H,8,9);2-3H,1H3,(H,5,6);2H,1H2,(H,3,4,5). The second-order valence-electron chi connectivity index (χ2n) is 3.00. The molecule has 0 aliphatic rings. The van der Waals surface area contributed by atoms with Crippen molar-refractivity contribution in [1.82, 2.24) is 0 Å². The van der Waals surface area contributed by atoms with Crippen molar-refractivity contribution in [3.8, 4) is 0 Å². The topological polar surface area (TPSA) is 166 Å². The van der Waals surface area contributed by atoms with E-state index in [4.69, 9.17) is 19.9 Å². The molecule has 0 aliphatic heterocycles. The first kappa shape index (κ1) is 23.6. The summed E-state index contributed by atoms with van der Waals surface area (Å²) in [7, 11) is -3.90. The Bertz CT molecular complexity index is 502. The van der Waals surface area contributed by atoms with Crippen LogP contribution in [0, 0.1) is 0 Å². The maximum Gasteiger partial charge on any atom is 0.331 e. The van der Waals surface area contributed by atoms with Crippen molar-refractivity contribution in [2.24, 2.45) is 0 Å². The van der Waals surface area contributed by atoms with Gasteiger partial charge in [0.2, 0.25) is 0 Å². The summed E-state index contributed by atoms with van der Waals surface area (Å²) in [5, 5.41) is 24.4. The molecule has 21 heavy (non-hydrogen) atoms. The summed E-state index contributed by atoms with van der Waals surface area (Å²) < 4.78 is 26.6. The Kier molecular flexibility index (Phi) is 14.1. The Morgan fingerprint density at radius 2 is 1.52 bits per heavy atom. The Hall–Kier alpha value is -2.46. The summed E-state index contributed by atoms with van der Waals surface area (Å²) in [6.45, 7) is 7.47. The molecule has 9 nitrogen and oxygen atoms in total. The molecular formula is C11H16O9S. The average molecular weight is 324 g/mol. The number of carboxylic acids is 3. The van der Waals surface area contributed by atoms with Gasteiger partial charge in [-0.2, -0.15) is 8.42 Å². The summed E-state index contributed by atoms with van der Waals surface area (Å²) >= 11 is 0. The third-order valence-corrected chi connectivity index (χ3v) is 1.61. The Morgan fingerprint density at radius 1 is 1.14 bits per heavy atom. The third kappa shape index (κ3) is 31.8. The van der Waals surface area contributed by atoms with Crippen molar-refractivity contribution in [3.05, 3.63) is 36.3 Å². The van der Waals surface area contributed by atoms with Gasteiger partial charge < -0.3 is 15.3 Å². The van der Waals surface area contributed by atoms with Crippen molar-refractivity contribution in [1.29, 1.82) is 0 Å². The Balaban J connectivity index is -0.000000240. The van der Waals surface area contributed by atoms with Crippen molar-refractivity contribution < 1.29 is 42.7 Å². The van der Waals surface area contributed by atoms with Gasteiger partial charge in [-0.3, -0.25) is 9.35 Å². The van der Waals surface area contributed by atoms with Gasteiger partial charge in [-0.05, 0) is 6.92 Å². The molecule has 0 amide bonds. The van der Waals surface area contributed by atoms with Crippen LogP contribution in [-0.4, -0.2) is 46.2 Å². The van der Waals surface area contributed by atoms with Crippen molar-refractivity contribution >= 4 is 28.0 Å². The number of carboxylic acid groups (broad SMARTS) is 3. The maximum absolute atomic E-state index is 9.87. The molecule has 0 aliphatic carbocycles. The van der Waals surface area contributed by atoms with Crippen LogP contribution in [0.4, 0.5) is 0 Å². The fraction of sp³-hybridized carbons (Fsp3) is 0.182. The highest BCUT2D eigenvalue weighted by molar-refractivity contribution is 7.88. The van der Waals surface area contributed by atoms with E-state index in [0.29, 0.717) is 5.41 Å². The second kappa shape index (κ2) is 12.6. The number of hydrogen-bond donors (Lipinski definition) is 4. The number of hydrogen-bond acceptors (Lipinski definition) is 5. The van der Waals surface area contributed by atoms with Crippen molar-refractivity contribution in [2.45, 2.75) is 13.3 Å². The fourth-order valence-corrected chi connectivity index (χ4v) is 0.401. The molecule has 0 aromatic heterocycles. The van der Waals surface area contributed by atoms with Crippen LogP contribution in [0.1, 0.15) is 13.3 Å². The van der Waals surface area contributed by atoms with Crippen LogP contribution in [0.25, 0.3) is 0 Å². The van der Waals surface area contributed by atoms with Gasteiger partial charge in [-0.25, -0.2) is 9.59 Å². The summed E-state index contributed by atoms with van der Waals surface area (Å²) in [4.78, 5) is 29.2. The normalized spacial score (nSPS) is 9.43. The van der Waals surface area contributed by atoms with Crippen LogP contribution in [0.15, 0.2) is 36.3 Å². The first-order valence-corrected chi connectivity index (χ1v) is 6.46. The van der Waals surface area contributed by atoms with E-state index in [1.165, 1.54) is 6.08 Å². The zero-order chi connectivity index (χ0) is 17.6. The predicted molar refractivity (Wildman–Crippen MR) is 73.2 cm³/mol. The summed E-state index contributed by atoms with van der Waals surface area (Å²) in [6, 6.07) is 0. The molecule has 0 aromatic rings. The van der Waals surface area contributed by atoms with E-state index in [-0.39, 0.29) is 5.57 Å². The monoisotopic (exact) mass is 324 g/mol. The highest BCUT2D eigenvalue weighted by Crippen LogP contribution is 1.95.